The molecule has 0 aliphatic rings. The van der Waals surface area contributed by atoms with E-state index in [1.807, 2.05) is 0 Å². The third-order valence-electron chi connectivity index (χ3n) is 4.73. The third-order valence-corrected chi connectivity index (χ3v) is 4.73. The first-order valence-corrected chi connectivity index (χ1v) is 9.80. The van der Waals surface area contributed by atoms with Crippen molar-refractivity contribution >= 4 is 5.91 Å². The van der Waals surface area contributed by atoms with Gasteiger partial charge in [0.2, 0.25) is 0 Å². The number of carbonyl (C=O) groups is 1. The maximum absolute atomic E-state index is 12.4. The van der Waals surface area contributed by atoms with E-state index in [9.17, 15) is 4.79 Å². The molecule has 0 bridgehead atoms. The summed E-state index contributed by atoms with van der Waals surface area (Å²) in [5.41, 5.74) is 0.229. The van der Waals surface area contributed by atoms with Crippen molar-refractivity contribution in [3.63, 3.8) is 0 Å². The summed E-state index contributed by atoms with van der Waals surface area (Å²) in [4.78, 5) is 12.4. The lowest BCUT2D eigenvalue weighted by Gasteiger charge is -2.31. The van der Waals surface area contributed by atoms with Crippen LogP contribution < -0.4 is 5.32 Å². The van der Waals surface area contributed by atoms with Crippen LogP contribution in [0.4, 0.5) is 0 Å². The number of carbonyl (C=O) groups excluding carboxylic acids is 1. The molecule has 0 aliphatic heterocycles. The average molecular weight is 337 g/mol. The zero-order valence-corrected chi connectivity index (χ0v) is 15.9. The molecular formula is C19H36N4O. The standard InChI is InChI=1S/C19H36N4O/c1-4-6-8-10-11-13-15-19(3,14-12-9-7-5-2)21-18(24)17-16-20-23-22-17/h16H,4-15H2,1-3H3,(H,21,24)(H,20,22,23). The number of amides is 1. The summed E-state index contributed by atoms with van der Waals surface area (Å²) in [6, 6.07) is 0. The summed E-state index contributed by atoms with van der Waals surface area (Å²) in [5.74, 6) is -0.118. The maximum Gasteiger partial charge on any atom is 0.273 e. The van der Waals surface area contributed by atoms with Gasteiger partial charge in [-0.3, -0.25) is 9.89 Å². The van der Waals surface area contributed by atoms with Gasteiger partial charge < -0.3 is 5.32 Å². The van der Waals surface area contributed by atoms with E-state index < -0.39 is 0 Å². The lowest BCUT2D eigenvalue weighted by molar-refractivity contribution is 0.0887. The molecule has 0 spiro atoms. The molecule has 2 N–H and O–H groups in total. The summed E-state index contributed by atoms with van der Waals surface area (Å²) in [7, 11) is 0. The lowest BCUT2D eigenvalue weighted by atomic mass is 9.88. The van der Waals surface area contributed by atoms with Crippen molar-refractivity contribution in [2.24, 2.45) is 0 Å². The van der Waals surface area contributed by atoms with Crippen LogP contribution in [0.2, 0.25) is 0 Å². The van der Waals surface area contributed by atoms with Gasteiger partial charge >= 0.3 is 0 Å². The van der Waals surface area contributed by atoms with Crippen molar-refractivity contribution in [2.75, 3.05) is 0 Å². The summed E-state index contributed by atoms with van der Waals surface area (Å²) in [6.45, 7) is 6.65. The highest BCUT2D eigenvalue weighted by molar-refractivity contribution is 5.92. The van der Waals surface area contributed by atoms with Gasteiger partial charge in [-0.25, -0.2) is 0 Å². The summed E-state index contributed by atoms with van der Waals surface area (Å²) < 4.78 is 0. The Kier molecular flexibility index (Phi) is 10.4. The van der Waals surface area contributed by atoms with E-state index >= 15 is 0 Å². The number of nitrogens with zero attached hydrogens (tertiary/aromatic N) is 2. The molecule has 5 heteroatoms. The maximum atomic E-state index is 12.4. The Bertz CT molecular complexity index is 433. The van der Waals surface area contributed by atoms with Gasteiger partial charge in [0.15, 0.2) is 5.69 Å². The van der Waals surface area contributed by atoms with Crippen molar-refractivity contribution in [1.82, 2.24) is 20.7 Å². The first-order chi connectivity index (χ1) is 11.6. The van der Waals surface area contributed by atoms with Crippen molar-refractivity contribution in [2.45, 2.75) is 103 Å². The number of rotatable bonds is 14. The second-order valence-corrected chi connectivity index (χ2v) is 7.20. The van der Waals surface area contributed by atoms with E-state index in [1.54, 1.807) is 6.20 Å². The number of hydrogen-bond donors (Lipinski definition) is 2. The smallest absolute Gasteiger partial charge is 0.273 e. The SMILES string of the molecule is CCCCCCCCC(C)(CCCCCC)NC(=O)c1c[nH]nn1. The van der Waals surface area contributed by atoms with Crippen LogP contribution in [0.5, 0.6) is 0 Å². The second-order valence-electron chi connectivity index (χ2n) is 7.20. The number of aromatic amines is 1. The zero-order chi connectivity index (χ0) is 17.7. The van der Waals surface area contributed by atoms with Gasteiger partial charge in [-0.15, -0.1) is 5.10 Å². The quantitative estimate of drug-likeness (QED) is 0.469. The Labute approximate surface area is 147 Å². The molecule has 24 heavy (non-hydrogen) atoms. The molecule has 5 nitrogen and oxygen atoms in total. The van der Waals surface area contributed by atoms with Gasteiger partial charge in [-0.1, -0.05) is 83.3 Å². The molecule has 0 aliphatic carbocycles. The largest absolute Gasteiger partial charge is 0.345 e. The Balaban J connectivity index is 2.46. The van der Waals surface area contributed by atoms with Crippen LogP contribution in [-0.2, 0) is 0 Å². The molecular weight excluding hydrogens is 300 g/mol. The van der Waals surface area contributed by atoms with Crippen molar-refractivity contribution in [3.8, 4) is 0 Å². The fourth-order valence-corrected chi connectivity index (χ4v) is 3.14. The highest BCUT2D eigenvalue weighted by atomic mass is 16.2. The van der Waals surface area contributed by atoms with Crippen LogP contribution in [0.1, 0.15) is 108 Å². The minimum absolute atomic E-state index is 0.118. The Morgan fingerprint density at radius 1 is 1.00 bits per heavy atom. The van der Waals surface area contributed by atoms with E-state index in [2.05, 4.69) is 41.5 Å². The molecule has 1 amide bonds. The van der Waals surface area contributed by atoms with Gasteiger partial charge in [0.25, 0.3) is 5.91 Å². The summed E-state index contributed by atoms with van der Waals surface area (Å²) in [5, 5.41) is 13.3. The number of nitrogens with one attached hydrogen (secondary N) is 2. The Morgan fingerprint density at radius 3 is 2.08 bits per heavy atom. The molecule has 0 saturated carbocycles. The Morgan fingerprint density at radius 2 is 1.54 bits per heavy atom. The first-order valence-electron chi connectivity index (χ1n) is 9.80. The van der Waals surface area contributed by atoms with Crippen LogP contribution in [0, 0.1) is 0 Å². The fraction of sp³-hybridized carbons (Fsp3) is 0.842. The van der Waals surface area contributed by atoms with Crippen molar-refractivity contribution < 1.29 is 4.79 Å². The molecule has 138 valence electrons. The van der Waals surface area contributed by atoms with Gasteiger partial charge in [0.1, 0.15) is 0 Å². The van der Waals surface area contributed by atoms with Crippen LogP contribution in [0.3, 0.4) is 0 Å². The van der Waals surface area contributed by atoms with Crippen LogP contribution in [0.15, 0.2) is 6.20 Å². The topological polar surface area (TPSA) is 70.7 Å². The highest BCUT2D eigenvalue weighted by Crippen LogP contribution is 2.23. The molecule has 0 saturated heterocycles. The molecule has 1 atom stereocenters. The molecule has 1 rings (SSSR count). The van der Waals surface area contributed by atoms with E-state index in [4.69, 9.17) is 0 Å². The van der Waals surface area contributed by atoms with Gasteiger partial charge in [-0.05, 0) is 19.8 Å². The number of hydrogen-bond acceptors (Lipinski definition) is 3. The molecule has 0 fully saturated rings. The Hall–Kier alpha value is -1.39. The summed E-state index contributed by atoms with van der Waals surface area (Å²) in [6.07, 6.45) is 16.2. The fourth-order valence-electron chi connectivity index (χ4n) is 3.14. The van der Waals surface area contributed by atoms with Gasteiger partial charge in [0, 0.05) is 5.54 Å². The number of H-pyrrole nitrogens is 1. The minimum Gasteiger partial charge on any atom is -0.345 e. The van der Waals surface area contributed by atoms with E-state index in [0.717, 1.165) is 12.8 Å². The van der Waals surface area contributed by atoms with E-state index in [1.165, 1.54) is 64.2 Å². The third kappa shape index (κ3) is 8.46. The normalized spacial score (nSPS) is 13.6. The first kappa shape index (κ1) is 20.7. The summed E-state index contributed by atoms with van der Waals surface area (Å²) >= 11 is 0. The monoisotopic (exact) mass is 336 g/mol. The highest BCUT2D eigenvalue weighted by Gasteiger charge is 2.26. The number of aromatic nitrogens is 3. The zero-order valence-electron chi connectivity index (χ0n) is 15.9. The van der Waals surface area contributed by atoms with Crippen LogP contribution in [0.25, 0.3) is 0 Å². The molecule has 1 heterocycles. The van der Waals surface area contributed by atoms with Gasteiger partial charge in [0.05, 0.1) is 6.20 Å². The minimum atomic E-state index is -0.144. The van der Waals surface area contributed by atoms with Crippen molar-refractivity contribution in [1.29, 1.82) is 0 Å². The molecule has 1 aromatic heterocycles. The number of unbranched alkanes of at least 4 members (excludes halogenated alkanes) is 8. The van der Waals surface area contributed by atoms with E-state index in [0.29, 0.717) is 5.69 Å². The molecule has 0 radical (unpaired) electrons. The second kappa shape index (κ2) is 12.0. The average Bonchev–Trinajstić information content (AvgIpc) is 3.10. The van der Waals surface area contributed by atoms with Gasteiger partial charge in [-0.2, -0.15) is 0 Å². The van der Waals surface area contributed by atoms with Crippen LogP contribution in [-0.4, -0.2) is 26.9 Å². The predicted molar refractivity (Wildman–Crippen MR) is 99.0 cm³/mol. The van der Waals surface area contributed by atoms with E-state index in [-0.39, 0.29) is 11.4 Å². The van der Waals surface area contributed by atoms with Crippen LogP contribution >= 0.6 is 0 Å². The lowest BCUT2D eigenvalue weighted by Crippen LogP contribution is -2.46. The molecule has 1 aromatic rings. The van der Waals surface area contributed by atoms with Crippen molar-refractivity contribution in [3.05, 3.63) is 11.9 Å². The predicted octanol–water partition coefficient (Wildman–Crippen LogP) is 5.01. The molecule has 0 aromatic carbocycles. The molecule has 1 unspecified atom stereocenters.